The van der Waals surface area contributed by atoms with Gasteiger partial charge < -0.3 is 11.1 Å². The zero-order valence-electron chi connectivity index (χ0n) is 9.41. The lowest BCUT2D eigenvalue weighted by Crippen LogP contribution is -2.17. The van der Waals surface area contributed by atoms with Crippen LogP contribution in [0.15, 0.2) is 28.9 Å². The summed E-state index contributed by atoms with van der Waals surface area (Å²) in [5, 5.41) is 8.84. The number of hydrogen-bond acceptors (Lipinski definition) is 3. The molecule has 19 heavy (non-hydrogen) atoms. The molecule has 0 fully saturated rings. The first-order chi connectivity index (χ1) is 9.00. The van der Waals surface area contributed by atoms with Gasteiger partial charge in [0, 0.05) is 0 Å². The van der Waals surface area contributed by atoms with Crippen LogP contribution >= 0.6 is 28.1 Å². The van der Waals surface area contributed by atoms with E-state index in [9.17, 15) is 9.18 Å². The third-order valence-corrected chi connectivity index (χ3v) is 3.37. The number of rotatable bonds is 3. The lowest BCUT2D eigenvalue weighted by atomic mass is 10.2. The lowest BCUT2D eigenvalue weighted by Gasteiger charge is -2.07. The number of aromatic amines is 1. The number of anilines is 1. The number of amides is 1. The van der Waals surface area contributed by atoms with Crippen LogP contribution in [0, 0.1) is 5.82 Å². The molecule has 0 aliphatic rings. The van der Waals surface area contributed by atoms with Crippen molar-refractivity contribution in [2.45, 2.75) is 0 Å². The Labute approximate surface area is 121 Å². The van der Waals surface area contributed by atoms with E-state index in [2.05, 4.69) is 31.4 Å². The van der Waals surface area contributed by atoms with Crippen molar-refractivity contribution in [2.24, 2.45) is 5.73 Å². The van der Waals surface area contributed by atoms with E-state index in [4.69, 9.17) is 18.0 Å². The van der Waals surface area contributed by atoms with E-state index in [1.807, 2.05) is 0 Å². The van der Waals surface area contributed by atoms with Crippen molar-refractivity contribution < 1.29 is 9.18 Å². The zero-order chi connectivity index (χ0) is 14.0. The highest BCUT2D eigenvalue weighted by Crippen LogP contribution is 2.22. The molecule has 1 aromatic carbocycles. The predicted octanol–water partition coefficient (Wildman–Crippen LogP) is 2.20. The quantitative estimate of drug-likeness (QED) is 0.746. The van der Waals surface area contributed by atoms with Gasteiger partial charge in [-0.1, -0.05) is 18.3 Å². The first kappa shape index (κ1) is 13.6. The van der Waals surface area contributed by atoms with Crippen LogP contribution in [0.25, 0.3) is 0 Å². The summed E-state index contributed by atoms with van der Waals surface area (Å²) >= 11 is 7.84. The molecule has 0 bridgehead atoms. The number of carbonyl (C=O) groups excluding carboxylic acids is 1. The number of carbonyl (C=O) groups is 1. The topological polar surface area (TPSA) is 83.8 Å². The van der Waals surface area contributed by atoms with Gasteiger partial charge in [0.1, 0.15) is 16.6 Å². The van der Waals surface area contributed by atoms with Crippen LogP contribution in [0.1, 0.15) is 15.9 Å². The molecule has 0 saturated carbocycles. The van der Waals surface area contributed by atoms with Gasteiger partial charge in [-0.2, -0.15) is 5.10 Å². The summed E-state index contributed by atoms with van der Waals surface area (Å²) in [6.07, 6.45) is 1.40. The van der Waals surface area contributed by atoms with Crippen molar-refractivity contribution in [3.63, 3.8) is 0 Å². The van der Waals surface area contributed by atoms with Crippen LogP contribution in [-0.4, -0.2) is 21.1 Å². The Hall–Kier alpha value is -1.80. The number of nitrogens with zero attached hydrogens (tertiary/aromatic N) is 1. The second-order valence-corrected chi connectivity index (χ2v) is 4.81. The van der Waals surface area contributed by atoms with Gasteiger partial charge >= 0.3 is 0 Å². The lowest BCUT2D eigenvalue weighted by molar-refractivity contribution is 0.102. The SMILES string of the molecule is NC(=S)c1cn[nH]c1NC(=O)c1cccc(F)c1Br. The van der Waals surface area contributed by atoms with Gasteiger partial charge in [-0.15, -0.1) is 0 Å². The highest BCUT2D eigenvalue weighted by Gasteiger charge is 2.16. The molecule has 0 saturated heterocycles. The smallest absolute Gasteiger partial charge is 0.258 e. The number of aromatic nitrogens is 2. The Balaban J connectivity index is 2.29. The molecule has 0 aliphatic heterocycles. The number of nitrogens with one attached hydrogen (secondary N) is 2. The standard InChI is InChI=1S/C11H8BrFN4OS/c12-8-5(2-1-3-7(8)13)11(18)16-10-6(9(14)19)4-15-17-10/h1-4H,(H2,14,19)(H2,15,16,17,18). The van der Waals surface area contributed by atoms with E-state index >= 15 is 0 Å². The van der Waals surface area contributed by atoms with Gasteiger partial charge in [-0.05, 0) is 28.1 Å². The minimum absolute atomic E-state index is 0.0869. The number of nitrogens with two attached hydrogens (primary N) is 1. The summed E-state index contributed by atoms with van der Waals surface area (Å²) in [6.45, 7) is 0. The maximum absolute atomic E-state index is 13.3. The predicted molar refractivity (Wildman–Crippen MR) is 76.5 cm³/mol. The summed E-state index contributed by atoms with van der Waals surface area (Å²) in [5.74, 6) is -0.756. The molecule has 4 N–H and O–H groups in total. The number of hydrogen-bond donors (Lipinski definition) is 3. The van der Waals surface area contributed by atoms with Crippen LogP contribution < -0.4 is 11.1 Å². The second kappa shape index (κ2) is 5.45. The molecule has 0 aliphatic carbocycles. The molecular formula is C11H8BrFN4OS. The first-order valence-electron chi connectivity index (χ1n) is 5.09. The van der Waals surface area contributed by atoms with E-state index in [0.29, 0.717) is 5.56 Å². The molecule has 2 aromatic rings. The van der Waals surface area contributed by atoms with Crippen molar-refractivity contribution in [3.8, 4) is 0 Å². The van der Waals surface area contributed by atoms with Gasteiger partial charge in [0.25, 0.3) is 5.91 Å². The summed E-state index contributed by atoms with van der Waals surface area (Å²) in [4.78, 5) is 12.1. The number of benzene rings is 1. The van der Waals surface area contributed by atoms with Gasteiger partial charge in [0.2, 0.25) is 0 Å². The second-order valence-electron chi connectivity index (χ2n) is 3.58. The Kier molecular flexibility index (Phi) is 3.91. The molecule has 5 nitrogen and oxygen atoms in total. The Bertz CT molecular complexity index is 658. The molecule has 0 unspecified atom stereocenters. The fraction of sp³-hybridized carbons (Fsp3) is 0. The summed E-state index contributed by atoms with van der Waals surface area (Å²) in [5.41, 5.74) is 6.05. The third-order valence-electron chi connectivity index (χ3n) is 2.34. The Morgan fingerprint density at radius 3 is 2.89 bits per heavy atom. The molecule has 1 amide bonds. The zero-order valence-corrected chi connectivity index (χ0v) is 11.8. The first-order valence-corrected chi connectivity index (χ1v) is 6.29. The molecule has 0 radical (unpaired) electrons. The maximum Gasteiger partial charge on any atom is 0.258 e. The average molecular weight is 343 g/mol. The molecule has 2 rings (SSSR count). The van der Waals surface area contributed by atoms with Crippen LogP contribution in [0.2, 0.25) is 0 Å². The van der Waals surface area contributed by atoms with E-state index in [0.717, 1.165) is 0 Å². The van der Waals surface area contributed by atoms with E-state index in [1.54, 1.807) is 0 Å². The molecule has 0 atom stereocenters. The highest BCUT2D eigenvalue weighted by atomic mass is 79.9. The summed E-state index contributed by atoms with van der Waals surface area (Å²) in [7, 11) is 0. The minimum atomic E-state index is -0.521. The molecule has 8 heteroatoms. The van der Waals surface area contributed by atoms with Crippen molar-refractivity contribution in [3.05, 3.63) is 45.8 Å². The van der Waals surface area contributed by atoms with Crippen molar-refractivity contribution in [1.29, 1.82) is 0 Å². The fourth-order valence-electron chi connectivity index (χ4n) is 1.43. The number of H-pyrrole nitrogens is 1. The Morgan fingerprint density at radius 1 is 1.47 bits per heavy atom. The maximum atomic E-state index is 13.3. The van der Waals surface area contributed by atoms with Gasteiger partial charge in [-0.3, -0.25) is 9.89 Å². The Morgan fingerprint density at radius 2 is 2.21 bits per heavy atom. The van der Waals surface area contributed by atoms with Crippen LogP contribution in [0.3, 0.4) is 0 Å². The molecule has 1 heterocycles. The minimum Gasteiger partial charge on any atom is -0.389 e. The highest BCUT2D eigenvalue weighted by molar-refractivity contribution is 9.10. The number of thiocarbonyl (C=S) groups is 1. The van der Waals surface area contributed by atoms with Crippen molar-refractivity contribution >= 4 is 44.9 Å². The largest absolute Gasteiger partial charge is 0.389 e. The van der Waals surface area contributed by atoms with Gasteiger partial charge in [-0.25, -0.2) is 4.39 Å². The van der Waals surface area contributed by atoms with E-state index < -0.39 is 11.7 Å². The normalized spacial score (nSPS) is 10.2. The number of halogens is 2. The monoisotopic (exact) mass is 342 g/mol. The molecule has 0 spiro atoms. The molecule has 98 valence electrons. The molecule has 1 aromatic heterocycles. The fourth-order valence-corrected chi connectivity index (χ4v) is 2.03. The van der Waals surface area contributed by atoms with Crippen LogP contribution in [0.5, 0.6) is 0 Å². The van der Waals surface area contributed by atoms with Crippen molar-refractivity contribution in [1.82, 2.24) is 10.2 Å². The van der Waals surface area contributed by atoms with Crippen LogP contribution in [-0.2, 0) is 0 Å². The van der Waals surface area contributed by atoms with E-state index in [1.165, 1.54) is 24.4 Å². The summed E-state index contributed by atoms with van der Waals surface area (Å²) < 4.78 is 13.4. The van der Waals surface area contributed by atoms with Gasteiger partial charge in [0.05, 0.1) is 21.8 Å². The average Bonchev–Trinajstić information content (AvgIpc) is 2.80. The van der Waals surface area contributed by atoms with Crippen LogP contribution in [0.4, 0.5) is 10.2 Å². The van der Waals surface area contributed by atoms with E-state index in [-0.39, 0.29) is 20.8 Å². The van der Waals surface area contributed by atoms with Gasteiger partial charge in [0.15, 0.2) is 0 Å². The van der Waals surface area contributed by atoms with Crippen molar-refractivity contribution in [2.75, 3.05) is 5.32 Å². The summed E-state index contributed by atoms with van der Waals surface area (Å²) in [6, 6.07) is 4.17. The third kappa shape index (κ3) is 2.79. The molecular weight excluding hydrogens is 335 g/mol.